The molecule has 100 valence electrons. The highest BCUT2D eigenvalue weighted by Gasteiger charge is 2.20. The molecule has 0 aromatic carbocycles. The molecule has 7 nitrogen and oxygen atoms in total. The number of imidazole rings is 1. The summed E-state index contributed by atoms with van der Waals surface area (Å²) >= 11 is 0. The Morgan fingerprint density at radius 1 is 1.56 bits per heavy atom. The number of hydrogen-bond donors (Lipinski definition) is 4. The van der Waals surface area contributed by atoms with Gasteiger partial charge in [0.05, 0.1) is 12.9 Å². The first-order chi connectivity index (χ1) is 8.63. The van der Waals surface area contributed by atoms with Crippen molar-refractivity contribution in [2.45, 2.75) is 25.8 Å². The smallest absolute Gasteiger partial charge is 0.326 e. The molecular formula is C11H18N4O3. The van der Waals surface area contributed by atoms with Gasteiger partial charge >= 0.3 is 5.97 Å². The average molecular weight is 254 g/mol. The number of nitrogens with one attached hydrogen (secondary N) is 3. The Hall–Kier alpha value is -1.89. The lowest BCUT2D eigenvalue weighted by Gasteiger charge is -2.13. The summed E-state index contributed by atoms with van der Waals surface area (Å²) in [7, 11) is 0. The van der Waals surface area contributed by atoms with Gasteiger partial charge in [-0.2, -0.15) is 0 Å². The van der Waals surface area contributed by atoms with Gasteiger partial charge < -0.3 is 20.7 Å². The first kappa shape index (κ1) is 14.2. The van der Waals surface area contributed by atoms with Gasteiger partial charge in [0, 0.05) is 18.3 Å². The van der Waals surface area contributed by atoms with E-state index >= 15 is 0 Å². The van der Waals surface area contributed by atoms with E-state index in [0.29, 0.717) is 5.69 Å². The van der Waals surface area contributed by atoms with Crippen LogP contribution in [0.2, 0.25) is 0 Å². The summed E-state index contributed by atoms with van der Waals surface area (Å²) in [4.78, 5) is 29.1. The number of aromatic nitrogens is 2. The number of amides is 1. The van der Waals surface area contributed by atoms with E-state index in [1.165, 1.54) is 12.5 Å². The summed E-state index contributed by atoms with van der Waals surface area (Å²) in [6.07, 6.45) is 4.12. The van der Waals surface area contributed by atoms with E-state index in [2.05, 4.69) is 20.6 Å². The maximum atomic E-state index is 11.5. The van der Waals surface area contributed by atoms with Crippen LogP contribution in [0.25, 0.3) is 0 Å². The molecule has 0 fully saturated rings. The topological polar surface area (TPSA) is 107 Å². The van der Waals surface area contributed by atoms with Crippen LogP contribution in [0.1, 0.15) is 19.0 Å². The minimum Gasteiger partial charge on any atom is -0.480 e. The number of carboxylic acid groups (broad SMARTS) is 1. The summed E-state index contributed by atoms with van der Waals surface area (Å²) < 4.78 is 0. The first-order valence-corrected chi connectivity index (χ1v) is 5.83. The molecule has 0 aliphatic rings. The summed E-state index contributed by atoms with van der Waals surface area (Å²) in [5, 5.41) is 14.4. The number of H-pyrrole nitrogens is 1. The second kappa shape index (κ2) is 7.44. The van der Waals surface area contributed by atoms with Crippen LogP contribution in [0.3, 0.4) is 0 Å². The summed E-state index contributed by atoms with van der Waals surface area (Å²) in [6.45, 7) is 2.84. The molecule has 0 aliphatic heterocycles. The number of hydrogen-bond acceptors (Lipinski definition) is 4. The molecule has 1 aromatic heterocycles. The predicted molar refractivity (Wildman–Crippen MR) is 65.0 cm³/mol. The number of carbonyl (C=O) groups excluding carboxylic acids is 1. The molecule has 4 N–H and O–H groups in total. The van der Waals surface area contributed by atoms with E-state index < -0.39 is 12.0 Å². The van der Waals surface area contributed by atoms with Crippen molar-refractivity contribution in [3.8, 4) is 0 Å². The van der Waals surface area contributed by atoms with Gasteiger partial charge in [-0.1, -0.05) is 6.92 Å². The van der Waals surface area contributed by atoms with Gasteiger partial charge in [-0.15, -0.1) is 0 Å². The van der Waals surface area contributed by atoms with Gasteiger partial charge in [0.15, 0.2) is 0 Å². The molecule has 0 spiro atoms. The van der Waals surface area contributed by atoms with Crippen LogP contribution in [-0.4, -0.2) is 46.1 Å². The Labute approximate surface area is 105 Å². The highest BCUT2D eigenvalue weighted by Crippen LogP contribution is 1.98. The molecule has 1 atom stereocenters. The fourth-order valence-corrected chi connectivity index (χ4v) is 1.44. The molecule has 1 rings (SSSR count). The SMILES string of the molecule is CCCNCC(=O)N[C@H](Cc1cnc[nH]1)C(=O)O. The zero-order valence-corrected chi connectivity index (χ0v) is 10.3. The number of aromatic amines is 1. The van der Waals surface area contributed by atoms with Crippen LogP contribution < -0.4 is 10.6 Å². The second-order valence-electron chi connectivity index (χ2n) is 3.92. The molecule has 18 heavy (non-hydrogen) atoms. The molecule has 0 unspecified atom stereocenters. The van der Waals surface area contributed by atoms with Crippen LogP contribution >= 0.6 is 0 Å². The van der Waals surface area contributed by atoms with Crippen LogP contribution in [0.15, 0.2) is 12.5 Å². The van der Waals surface area contributed by atoms with Crippen molar-refractivity contribution in [2.75, 3.05) is 13.1 Å². The summed E-state index contributed by atoms with van der Waals surface area (Å²) in [6, 6.07) is -0.943. The third-order valence-electron chi connectivity index (χ3n) is 2.32. The van der Waals surface area contributed by atoms with Gasteiger partial charge in [0.2, 0.25) is 5.91 Å². The van der Waals surface area contributed by atoms with E-state index in [0.717, 1.165) is 13.0 Å². The van der Waals surface area contributed by atoms with Crippen LogP contribution in [-0.2, 0) is 16.0 Å². The van der Waals surface area contributed by atoms with Crippen molar-refractivity contribution in [2.24, 2.45) is 0 Å². The number of nitrogens with zero attached hydrogens (tertiary/aromatic N) is 1. The van der Waals surface area contributed by atoms with E-state index in [-0.39, 0.29) is 18.9 Å². The molecule has 7 heteroatoms. The van der Waals surface area contributed by atoms with Crippen molar-refractivity contribution < 1.29 is 14.7 Å². The zero-order chi connectivity index (χ0) is 13.4. The van der Waals surface area contributed by atoms with Gasteiger partial charge in [-0.25, -0.2) is 9.78 Å². The van der Waals surface area contributed by atoms with Crippen LogP contribution in [0, 0.1) is 0 Å². The van der Waals surface area contributed by atoms with Crippen molar-refractivity contribution in [1.29, 1.82) is 0 Å². The van der Waals surface area contributed by atoms with Crippen molar-refractivity contribution in [1.82, 2.24) is 20.6 Å². The van der Waals surface area contributed by atoms with E-state index in [1.807, 2.05) is 6.92 Å². The Morgan fingerprint density at radius 2 is 2.33 bits per heavy atom. The molecule has 0 aliphatic carbocycles. The number of carboxylic acids is 1. The van der Waals surface area contributed by atoms with E-state index in [1.54, 1.807) is 0 Å². The van der Waals surface area contributed by atoms with E-state index in [4.69, 9.17) is 5.11 Å². The maximum absolute atomic E-state index is 11.5. The Balaban J connectivity index is 2.42. The lowest BCUT2D eigenvalue weighted by Crippen LogP contribution is -2.45. The van der Waals surface area contributed by atoms with Crippen molar-refractivity contribution >= 4 is 11.9 Å². The molecular weight excluding hydrogens is 236 g/mol. The minimum atomic E-state index is -1.06. The minimum absolute atomic E-state index is 0.126. The van der Waals surface area contributed by atoms with Crippen LogP contribution in [0.5, 0.6) is 0 Å². The Morgan fingerprint density at radius 3 is 2.89 bits per heavy atom. The average Bonchev–Trinajstić information content (AvgIpc) is 2.81. The molecule has 1 heterocycles. The number of carbonyl (C=O) groups is 2. The number of aliphatic carboxylic acids is 1. The van der Waals surface area contributed by atoms with E-state index in [9.17, 15) is 9.59 Å². The molecule has 0 radical (unpaired) electrons. The fourth-order valence-electron chi connectivity index (χ4n) is 1.44. The summed E-state index contributed by atoms with van der Waals surface area (Å²) in [5.74, 6) is -1.39. The van der Waals surface area contributed by atoms with Gasteiger partial charge in [-0.05, 0) is 13.0 Å². The lowest BCUT2D eigenvalue weighted by molar-refractivity contribution is -0.141. The maximum Gasteiger partial charge on any atom is 0.326 e. The molecule has 0 saturated carbocycles. The lowest BCUT2D eigenvalue weighted by atomic mass is 10.1. The predicted octanol–water partition coefficient (Wildman–Crippen LogP) is -0.479. The normalized spacial score (nSPS) is 12.1. The first-order valence-electron chi connectivity index (χ1n) is 5.83. The monoisotopic (exact) mass is 254 g/mol. The molecule has 1 amide bonds. The largest absolute Gasteiger partial charge is 0.480 e. The standard InChI is InChI=1S/C11H18N4O3/c1-2-3-12-6-10(16)15-9(11(17)18)4-8-5-13-7-14-8/h5,7,9,12H,2-4,6H2,1H3,(H,13,14)(H,15,16)(H,17,18)/t9-/m1/s1. The Kier molecular flexibility index (Phi) is 5.86. The second-order valence-corrected chi connectivity index (χ2v) is 3.92. The highest BCUT2D eigenvalue weighted by molar-refractivity contribution is 5.84. The quantitative estimate of drug-likeness (QED) is 0.469. The van der Waals surface area contributed by atoms with Crippen molar-refractivity contribution in [3.63, 3.8) is 0 Å². The molecule has 0 saturated heterocycles. The van der Waals surface area contributed by atoms with Crippen LogP contribution in [0.4, 0.5) is 0 Å². The zero-order valence-electron chi connectivity index (χ0n) is 10.3. The fraction of sp³-hybridized carbons (Fsp3) is 0.545. The third kappa shape index (κ3) is 4.96. The molecule has 1 aromatic rings. The highest BCUT2D eigenvalue weighted by atomic mass is 16.4. The van der Waals surface area contributed by atoms with Crippen molar-refractivity contribution in [3.05, 3.63) is 18.2 Å². The van der Waals surface area contributed by atoms with Gasteiger partial charge in [0.1, 0.15) is 6.04 Å². The Bertz CT molecular complexity index is 378. The number of rotatable bonds is 8. The third-order valence-corrected chi connectivity index (χ3v) is 2.32. The van der Waals surface area contributed by atoms with Gasteiger partial charge in [-0.3, -0.25) is 4.79 Å². The summed E-state index contributed by atoms with van der Waals surface area (Å²) in [5.41, 5.74) is 0.671. The molecule has 0 bridgehead atoms. The van der Waals surface area contributed by atoms with Gasteiger partial charge in [0.25, 0.3) is 0 Å².